The van der Waals surface area contributed by atoms with Crippen LogP contribution in [0.4, 0.5) is 0 Å². The van der Waals surface area contributed by atoms with Gasteiger partial charge in [-0.3, -0.25) is 9.59 Å². The van der Waals surface area contributed by atoms with Gasteiger partial charge < -0.3 is 28.6 Å². The van der Waals surface area contributed by atoms with Crippen LogP contribution in [-0.4, -0.2) is 75.5 Å². The predicted octanol–water partition coefficient (Wildman–Crippen LogP) is 10.7. The molecule has 0 heterocycles. The van der Waals surface area contributed by atoms with Crippen LogP contribution < -0.4 is 5.11 Å². The van der Waals surface area contributed by atoms with E-state index >= 15 is 0 Å². The molecule has 0 rings (SSSR count). The maximum atomic E-state index is 12.7. The van der Waals surface area contributed by atoms with Crippen LogP contribution in [0, 0.1) is 0 Å². The minimum atomic E-state index is -1.13. The van der Waals surface area contributed by atoms with Crippen molar-refractivity contribution in [2.24, 2.45) is 0 Å². The molecule has 0 aromatic carbocycles. The van der Waals surface area contributed by atoms with Gasteiger partial charge in [0.1, 0.15) is 12.6 Å². The first kappa shape index (κ1) is 52.3. The number of carbonyl (C=O) groups excluding carboxylic acids is 3. The molecule has 0 fully saturated rings. The van der Waals surface area contributed by atoms with E-state index in [2.05, 4.69) is 62.5 Å². The predicted molar refractivity (Wildman–Crippen MR) is 226 cm³/mol. The van der Waals surface area contributed by atoms with Crippen molar-refractivity contribution < 1.29 is 38.2 Å². The molecule has 0 aromatic rings. The van der Waals surface area contributed by atoms with Gasteiger partial charge >= 0.3 is 11.9 Å². The summed E-state index contributed by atoms with van der Waals surface area (Å²) < 4.78 is 17.2. The first-order valence-electron chi connectivity index (χ1n) is 22.2. The average Bonchev–Trinajstić information content (AvgIpc) is 3.14. The van der Waals surface area contributed by atoms with Crippen LogP contribution in [0.15, 0.2) is 48.6 Å². The SMILES string of the molecule is CC/C=C/C/C=C/C/C=C/CCCCCCCCC(=O)OC(COCCC(C(=O)[O-])[N+](C)(C)C)COC(=O)CCCCCCCCC/C=C/CCCCCC. The van der Waals surface area contributed by atoms with Crippen LogP contribution in [-0.2, 0) is 28.6 Å². The molecular weight excluding hydrogens is 691 g/mol. The van der Waals surface area contributed by atoms with Gasteiger partial charge in [0, 0.05) is 19.3 Å². The van der Waals surface area contributed by atoms with Crippen LogP contribution in [0.25, 0.3) is 0 Å². The normalized spacial score (nSPS) is 13.4. The molecule has 0 saturated heterocycles. The lowest BCUT2D eigenvalue weighted by Crippen LogP contribution is -2.55. The molecule has 0 aliphatic carbocycles. The number of likely N-dealkylation sites (N-methyl/N-ethyl adjacent to an activating group) is 1. The Morgan fingerprint density at radius 1 is 0.564 bits per heavy atom. The molecule has 8 heteroatoms. The Bertz CT molecular complexity index is 1040. The second-order valence-electron chi connectivity index (χ2n) is 15.9. The smallest absolute Gasteiger partial charge is 0.306 e. The van der Waals surface area contributed by atoms with E-state index < -0.39 is 18.1 Å². The monoisotopic (exact) mass is 774 g/mol. The van der Waals surface area contributed by atoms with Gasteiger partial charge in [-0.2, -0.15) is 0 Å². The summed E-state index contributed by atoms with van der Waals surface area (Å²) >= 11 is 0. The summed E-state index contributed by atoms with van der Waals surface area (Å²) in [6, 6.07) is -0.729. The molecule has 0 saturated carbocycles. The van der Waals surface area contributed by atoms with Crippen molar-refractivity contribution in [3.8, 4) is 0 Å². The topological polar surface area (TPSA) is 102 Å². The summed E-state index contributed by atoms with van der Waals surface area (Å²) in [6.07, 6.45) is 44.1. The molecule has 2 atom stereocenters. The number of carboxylic acids is 1. The number of ether oxygens (including phenoxy) is 3. The Kier molecular flexibility index (Phi) is 36.3. The van der Waals surface area contributed by atoms with Gasteiger partial charge in [-0.25, -0.2) is 0 Å². The average molecular weight is 774 g/mol. The van der Waals surface area contributed by atoms with E-state index in [0.717, 1.165) is 70.6 Å². The third kappa shape index (κ3) is 36.7. The number of aliphatic carboxylic acids is 1. The number of rotatable bonds is 39. The molecule has 0 bridgehead atoms. The van der Waals surface area contributed by atoms with Crippen LogP contribution in [0.1, 0.15) is 181 Å². The number of hydrogen-bond acceptors (Lipinski definition) is 7. The summed E-state index contributed by atoms with van der Waals surface area (Å²) in [5.74, 6) is -1.76. The standard InChI is InChI=1S/C47H83NO7/c1-6-8-10-12-14-16-18-20-22-24-26-28-30-32-34-36-38-46(50)55-43(41-53-40-39-44(47(51)52)48(3,4)5)42-54-45(49)37-35-33-31-29-27-25-23-21-19-17-15-13-11-9-7-2/h8,10,14,16-17,19-20,22,43-44H,6-7,9,11-13,15,18,21,23-42H2,1-5H3/b10-8+,16-14+,19-17+,22-20+. The third-order valence-corrected chi connectivity index (χ3v) is 9.70. The zero-order valence-corrected chi connectivity index (χ0v) is 36.1. The lowest BCUT2D eigenvalue weighted by atomic mass is 10.1. The molecule has 0 spiro atoms. The van der Waals surface area contributed by atoms with Crippen molar-refractivity contribution in [2.75, 3.05) is 41.0 Å². The minimum absolute atomic E-state index is 0.0334. The number of unbranched alkanes of at least 4 members (excludes halogenated alkanes) is 17. The highest BCUT2D eigenvalue weighted by molar-refractivity contribution is 5.70. The van der Waals surface area contributed by atoms with Crippen molar-refractivity contribution >= 4 is 17.9 Å². The molecule has 0 aromatic heterocycles. The maximum absolute atomic E-state index is 12.7. The number of hydrogen-bond donors (Lipinski definition) is 0. The molecule has 55 heavy (non-hydrogen) atoms. The molecule has 0 radical (unpaired) electrons. The van der Waals surface area contributed by atoms with Gasteiger partial charge in [-0.1, -0.05) is 140 Å². The Labute approximate surface area is 337 Å². The number of carbonyl (C=O) groups is 3. The lowest BCUT2D eigenvalue weighted by molar-refractivity contribution is -0.889. The molecule has 0 amide bonds. The van der Waals surface area contributed by atoms with Crippen molar-refractivity contribution in [3.05, 3.63) is 48.6 Å². The minimum Gasteiger partial charge on any atom is -0.544 e. The maximum Gasteiger partial charge on any atom is 0.306 e. The summed E-state index contributed by atoms with van der Waals surface area (Å²) in [5, 5.41) is 11.6. The van der Waals surface area contributed by atoms with Crippen molar-refractivity contribution in [1.29, 1.82) is 0 Å². The largest absolute Gasteiger partial charge is 0.544 e. The number of esters is 2. The van der Waals surface area contributed by atoms with Crippen molar-refractivity contribution in [1.82, 2.24) is 0 Å². The van der Waals surface area contributed by atoms with E-state index in [1.807, 2.05) is 0 Å². The quantitative estimate of drug-likeness (QED) is 0.0265. The Morgan fingerprint density at radius 2 is 1.02 bits per heavy atom. The van der Waals surface area contributed by atoms with Gasteiger partial charge in [0.25, 0.3) is 0 Å². The van der Waals surface area contributed by atoms with E-state index in [4.69, 9.17) is 14.2 Å². The number of allylic oxidation sites excluding steroid dienone is 8. The molecular formula is C47H83NO7. The van der Waals surface area contributed by atoms with Crippen LogP contribution in [0.2, 0.25) is 0 Å². The van der Waals surface area contributed by atoms with Gasteiger partial charge in [-0.05, 0) is 70.6 Å². The first-order valence-corrected chi connectivity index (χ1v) is 22.2. The zero-order valence-electron chi connectivity index (χ0n) is 36.1. The highest BCUT2D eigenvalue weighted by Crippen LogP contribution is 2.14. The molecule has 318 valence electrons. The van der Waals surface area contributed by atoms with Gasteiger partial charge in [0.05, 0.1) is 40.3 Å². The molecule has 0 aliphatic heterocycles. The fraction of sp³-hybridized carbons (Fsp3) is 0.766. The second kappa shape index (κ2) is 38.2. The van der Waals surface area contributed by atoms with E-state index in [-0.39, 0.29) is 42.7 Å². The van der Waals surface area contributed by atoms with E-state index in [1.165, 1.54) is 77.0 Å². The lowest BCUT2D eigenvalue weighted by Gasteiger charge is -2.34. The molecule has 2 unspecified atom stereocenters. The third-order valence-electron chi connectivity index (χ3n) is 9.70. The Balaban J connectivity index is 4.37. The van der Waals surface area contributed by atoms with Gasteiger partial charge in [0.2, 0.25) is 0 Å². The van der Waals surface area contributed by atoms with E-state index in [0.29, 0.717) is 12.8 Å². The van der Waals surface area contributed by atoms with Crippen molar-refractivity contribution in [2.45, 2.75) is 193 Å². The highest BCUT2D eigenvalue weighted by Gasteiger charge is 2.25. The van der Waals surface area contributed by atoms with Crippen molar-refractivity contribution in [3.63, 3.8) is 0 Å². The van der Waals surface area contributed by atoms with Gasteiger partial charge in [0.15, 0.2) is 6.10 Å². The fourth-order valence-electron chi connectivity index (χ4n) is 6.26. The number of nitrogens with zero attached hydrogens (tertiary/aromatic N) is 1. The van der Waals surface area contributed by atoms with E-state index in [9.17, 15) is 19.5 Å². The first-order chi connectivity index (χ1) is 26.6. The summed E-state index contributed by atoms with van der Waals surface area (Å²) in [7, 11) is 5.40. The molecule has 0 aliphatic rings. The van der Waals surface area contributed by atoms with Gasteiger partial charge in [-0.15, -0.1) is 0 Å². The van der Waals surface area contributed by atoms with E-state index in [1.54, 1.807) is 21.1 Å². The highest BCUT2D eigenvalue weighted by atomic mass is 16.6. The van der Waals surface area contributed by atoms with Crippen LogP contribution >= 0.6 is 0 Å². The fourth-order valence-corrected chi connectivity index (χ4v) is 6.26. The van der Waals surface area contributed by atoms with Crippen LogP contribution in [0.5, 0.6) is 0 Å². The number of quaternary nitrogens is 1. The Hall–Kier alpha value is -2.71. The molecule has 8 nitrogen and oxygen atoms in total. The summed E-state index contributed by atoms with van der Waals surface area (Å²) in [5.41, 5.74) is 0. The van der Waals surface area contributed by atoms with Crippen LogP contribution in [0.3, 0.4) is 0 Å². The summed E-state index contributed by atoms with van der Waals surface area (Å²) in [6.45, 7) is 4.52. The molecule has 0 N–H and O–H groups in total. The zero-order chi connectivity index (χ0) is 40.7. The number of carboxylic acid groups (broad SMARTS) is 1. The summed E-state index contributed by atoms with van der Waals surface area (Å²) in [4.78, 5) is 36.8. The second-order valence-corrected chi connectivity index (χ2v) is 15.9. The Morgan fingerprint density at radius 3 is 1.53 bits per heavy atom.